The molecule has 88 valence electrons. The molecule has 1 aromatic rings. The molecule has 1 aromatic carbocycles. The normalized spacial score (nSPS) is 10.6. The Balaban J connectivity index is 2.86. The molecule has 0 saturated carbocycles. The summed E-state index contributed by atoms with van der Waals surface area (Å²) in [5.41, 5.74) is 0. The maximum absolute atomic E-state index is 10.9. The van der Waals surface area contributed by atoms with Gasteiger partial charge in [0.25, 0.3) is 0 Å². The predicted molar refractivity (Wildman–Crippen MR) is 75.4 cm³/mol. The molecule has 0 heterocycles. The van der Waals surface area contributed by atoms with Gasteiger partial charge in [-0.2, -0.15) is 0 Å². The minimum atomic E-state index is -2.62. The third kappa shape index (κ3) is 4.64. The van der Waals surface area contributed by atoms with Crippen molar-refractivity contribution in [3.8, 4) is 0 Å². The number of carbonyl (C=O) groups is 2. The van der Waals surface area contributed by atoms with E-state index in [1.165, 1.54) is 13.8 Å². The molecule has 0 atom stereocenters. The van der Waals surface area contributed by atoms with Crippen molar-refractivity contribution in [1.29, 1.82) is 0 Å². The Morgan fingerprint density at radius 3 is 1.88 bits per heavy atom. The molecule has 4 nitrogen and oxygen atoms in total. The summed E-state index contributed by atoms with van der Waals surface area (Å²) in [4.78, 5) is 21.8. The molecule has 0 fully saturated rings. The Morgan fingerprint density at radius 1 is 1.06 bits per heavy atom. The van der Waals surface area contributed by atoms with Crippen molar-refractivity contribution in [2.24, 2.45) is 0 Å². The summed E-state index contributed by atoms with van der Waals surface area (Å²) >= 11 is -0.446. The van der Waals surface area contributed by atoms with E-state index in [4.69, 9.17) is 6.13 Å². The summed E-state index contributed by atoms with van der Waals surface area (Å²) in [5, 5.41) is 0. The van der Waals surface area contributed by atoms with Crippen LogP contribution < -0.4 is 0 Å². The molecular weight excluding hydrogens is 438 g/mol. The van der Waals surface area contributed by atoms with Crippen molar-refractivity contribution in [1.82, 2.24) is 0 Å². The van der Waals surface area contributed by atoms with E-state index < -0.39 is 32.6 Å². The van der Waals surface area contributed by atoms with Crippen LogP contribution in [-0.2, 0) is 15.7 Å². The quantitative estimate of drug-likeness (QED) is 0.668. The van der Waals surface area contributed by atoms with E-state index in [1.807, 2.05) is 24.3 Å². The van der Waals surface area contributed by atoms with Gasteiger partial charge in [-0.15, -0.1) is 0 Å². The van der Waals surface area contributed by atoms with Gasteiger partial charge >= 0.3 is 116 Å². The Bertz CT molecular complexity index is 372. The molecule has 0 aliphatic heterocycles. The minimum absolute atomic E-state index is 0.426. The van der Waals surface area contributed by atoms with Crippen molar-refractivity contribution >= 4 is 55.2 Å². The molecular formula is C10H10I2O4. The van der Waals surface area contributed by atoms with Gasteiger partial charge in [0.2, 0.25) is 0 Å². The van der Waals surface area contributed by atoms with Crippen LogP contribution in [0.3, 0.4) is 0 Å². The molecule has 1 rings (SSSR count). The van der Waals surface area contributed by atoms with Crippen LogP contribution in [0.2, 0.25) is 0 Å². The second kappa shape index (κ2) is 6.38. The molecule has 0 aliphatic rings. The van der Waals surface area contributed by atoms with Gasteiger partial charge in [-0.3, -0.25) is 0 Å². The van der Waals surface area contributed by atoms with Crippen molar-refractivity contribution in [3.05, 3.63) is 31.4 Å². The number of carbonyl (C=O) groups excluding carboxylic acids is 2. The van der Waals surface area contributed by atoms with Gasteiger partial charge < -0.3 is 0 Å². The average Bonchev–Trinajstić information content (AvgIpc) is 2.16. The van der Waals surface area contributed by atoms with Crippen molar-refractivity contribution < 1.29 is 15.7 Å². The molecule has 6 heteroatoms. The first-order valence-electron chi connectivity index (χ1n) is 4.32. The fraction of sp³-hybridized carbons (Fsp3) is 0.200. The van der Waals surface area contributed by atoms with E-state index >= 15 is 0 Å². The van der Waals surface area contributed by atoms with Gasteiger partial charge in [0.05, 0.1) is 0 Å². The molecule has 0 aliphatic carbocycles. The van der Waals surface area contributed by atoms with Crippen LogP contribution in [0.5, 0.6) is 0 Å². The van der Waals surface area contributed by atoms with Crippen LogP contribution in [-0.4, -0.2) is 11.9 Å². The van der Waals surface area contributed by atoms with Gasteiger partial charge in [-0.05, 0) is 0 Å². The first-order valence-corrected chi connectivity index (χ1v) is 8.24. The summed E-state index contributed by atoms with van der Waals surface area (Å²) in [5.74, 6) is -0.852. The van der Waals surface area contributed by atoms with Gasteiger partial charge in [0.1, 0.15) is 0 Å². The number of hydrogen-bond donors (Lipinski definition) is 0. The van der Waals surface area contributed by atoms with E-state index in [0.717, 1.165) is 7.14 Å². The maximum atomic E-state index is 10.9. The van der Waals surface area contributed by atoms with Crippen molar-refractivity contribution in [2.45, 2.75) is 13.8 Å². The Morgan fingerprint density at radius 2 is 1.50 bits per heavy atom. The van der Waals surface area contributed by atoms with Gasteiger partial charge in [0, 0.05) is 0 Å². The molecule has 0 radical (unpaired) electrons. The summed E-state index contributed by atoms with van der Waals surface area (Å²) in [6, 6.07) is 7.40. The third-order valence-corrected chi connectivity index (χ3v) is 5.83. The SMILES string of the molecule is CC(=O)OI(OC(C)=O)c1ccc(I)cc1. The van der Waals surface area contributed by atoms with E-state index in [0.29, 0.717) is 0 Å². The topological polar surface area (TPSA) is 52.6 Å². The Hall–Kier alpha value is -0.380. The van der Waals surface area contributed by atoms with Crippen LogP contribution in [0, 0.1) is 7.14 Å². The van der Waals surface area contributed by atoms with Crippen LogP contribution in [0.25, 0.3) is 0 Å². The first kappa shape index (κ1) is 13.7. The summed E-state index contributed by atoms with van der Waals surface area (Å²) in [7, 11) is 0. The zero-order valence-corrected chi connectivity index (χ0v) is 13.0. The van der Waals surface area contributed by atoms with Gasteiger partial charge in [-0.25, -0.2) is 0 Å². The Kier molecular flexibility index (Phi) is 5.46. The fourth-order valence-corrected chi connectivity index (χ4v) is 3.87. The molecule has 0 N–H and O–H groups in total. The number of rotatable bonds is 3. The standard InChI is InChI=1S/C10H10I2O4/c1-7(13)15-12(16-8(2)14)10-5-3-9(11)4-6-10/h3-6H,1-2H3. The van der Waals surface area contributed by atoms with E-state index in [-0.39, 0.29) is 0 Å². The molecule has 0 bridgehead atoms. The van der Waals surface area contributed by atoms with Crippen LogP contribution in [0.1, 0.15) is 13.8 Å². The molecule has 0 aromatic heterocycles. The van der Waals surface area contributed by atoms with E-state index in [2.05, 4.69) is 22.6 Å². The van der Waals surface area contributed by atoms with E-state index in [9.17, 15) is 9.59 Å². The summed E-state index contributed by atoms with van der Waals surface area (Å²) in [6.07, 6.45) is 0. The van der Waals surface area contributed by atoms with Crippen LogP contribution in [0.4, 0.5) is 0 Å². The monoisotopic (exact) mass is 448 g/mol. The summed E-state index contributed by atoms with van der Waals surface area (Å²) in [6.45, 7) is 2.61. The first-order chi connectivity index (χ1) is 7.49. The predicted octanol–water partition coefficient (Wildman–Crippen LogP) is 2.92. The third-order valence-electron chi connectivity index (χ3n) is 1.34. The molecule has 0 spiro atoms. The number of hydrogen-bond acceptors (Lipinski definition) is 4. The van der Waals surface area contributed by atoms with Gasteiger partial charge in [-0.1, -0.05) is 0 Å². The van der Waals surface area contributed by atoms with Gasteiger partial charge in [0.15, 0.2) is 0 Å². The number of halogens is 2. The molecule has 0 saturated heterocycles. The number of benzene rings is 1. The zero-order chi connectivity index (χ0) is 12.1. The van der Waals surface area contributed by atoms with E-state index in [1.54, 1.807) is 0 Å². The van der Waals surface area contributed by atoms with Crippen LogP contribution in [0.15, 0.2) is 24.3 Å². The second-order valence-electron chi connectivity index (χ2n) is 2.79. The average molecular weight is 448 g/mol. The zero-order valence-electron chi connectivity index (χ0n) is 8.70. The van der Waals surface area contributed by atoms with Crippen molar-refractivity contribution in [3.63, 3.8) is 0 Å². The molecule has 0 amide bonds. The molecule has 0 unspecified atom stereocenters. The summed E-state index contributed by atoms with van der Waals surface area (Å²) < 4.78 is 12.0. The van der Waals surface area contributed by atoms with Crippen LogP contribution >= 0.6 is 43.2 Å². The second-order valence-corrected chi connectivity index (χ2v) is 7.40. The Labute approximate surface area is 115 Å². The molecule has 16 heavy (non-hydrogen) atoms. The fourth-order valence-electron chi connectivity index (χ4n) is 0.835. The van der Waals surface area contributed by atoms with Crippen molar-refractivity contribution in [2.75, 3.05) is 0 Å².